The van der Waals surface area contributed by atoms with Gasteiger partial charge in [0.15, 0.2) is 5.69 Å². The van der Waals surface area contributed by atoms with Crippen LogP contribution in [0.1, 0.15) is 23.0 Å². The number of pyridine rings is 1. The number of anilines is 1. The molecule has 2 heterocycles. The summed E-state index contributed by atoms with van der Waals surface area (Å²) in [7, 11) is 0. The molecule has 7 nitrogen and oxygen atoms in total. The van der Waals surface area contributed by atoms with Crippen LogP contribution in [0, 0.1) is 0 Å². The smallest absolute Gasteiger partial charge is 0.272 e. The molecule has 0 fully saturated rings. The highest BCUT2D eigenvalue weighted by Crippen LogP contribution is 2.17. The molecule has 2 amide bonds. The quantitative estimate of drug-likeness (QED) is 0.748. The molecule has 0 saturated carbocycles. The zero-order valence-electron chi connectivity index (χ0n) is 13.6. The van der Waals surface area contributed by atoms with Crippen LogP contribution in [0.15, 0.2) is 60.9 Å². The predicted molar refractivity (Wildman–Crippen MR) is 93.3 cm³/mol. The first-order valence-electron chi connectivity index (χ1n) is 7.73. The van der Waals surface area contributed by atoms with E-state index in [-0.39, 0.29) is 17.5 Å². The van der Waals surface area contributed by atoms with Gasteiger partial charge in [-0.3, -0.25) is 14.6 Å². The number of nitrogens with zero attached hydrogens (tertiary/aromatic N) is 3. The van der Waals surface area contributed by atoms with E-state index in [2.05, 4.69) is 20.7 Å². The summed E-state index contributed by atoms with van der Waals surface area (Å²) in [4.78, 5) is 27.8. The number of rotatable bonds is 5. The van der Waals surface area contributed by atoms with Crippen LogP contribution in [-0.4, -0.2) is 26.6 Å². The Kier molecular flexibility index (Phi) is 4.84. The highest BCUT2D eigenvalue weighted by molar-refractivity contribution is 5.95. The molecule has 7 heteroatoms. The number of amides is 2. The van der Waals surface area contributed by atoms with Crippen LogP contribution in [0.25, 0.3) is 5.69 Å². The van der Waals surface area contributed by atoms with Gasteiger partial charge in [-0.05, 0) is 23.8 Å². The zero-order chi connectivity index (χ0) is 17.6. The van der Waals surface area contributed by atoms with E-state index in [1.165, 1.54) is 11.6 Å². The van der Waals surface area contributed by atoms with Gasteiger partial charge in [0, 0.05) is 31.9 Å². The van der Waals surface area contributed by atoms with E-state index in [1.807, 2.05) is 36.4 Å². The van der Waals surface area contributed by atoms with Gasteiger partial charge in [-0.15, -0.1) is 0 Å². The largest absolute Gasteiger partial charge is 0.347 e. The highest BCUT2D eigenvalue weighted by atomic mass is 16.2. The van der Waals surface area contributed by atoms with E-state index in [9.17, 15) is 9.59 Å². The summed E-state index contributed by atoms with van der Waals surface area (Å²) in [6.07, 6.45) is 3.36. The first kappa shape index (κ1) is 16.4. The molecule has 2 aromatic heterocycles. The van der Waals surface area contributed by atoms with Gasteiger partial charge in [-0.1, -0.05) is 24.3 Å². The molecule has 0 unspecified atom stereocenters. The Morgan fingerprint density at radius 2 is 1.92 bits per heavy atom. The molecule has 3 aromatic rings. The monoisotopic (exact) mass is 335 g/mol. The standard InChI is InChI=1S/C18H17N5O2/c1-13(24)21-17-10-16(22-23(17)15-7-3-2-4-8-15)18(25)20-12-14-6-5-9-19-11-14/h2-11H,12H2,1H3,(H,20,25)(H,21,24). The minimum absolute atomic E-state index is 0.219. The second kappa shape index (κ2) is 7.39. The van der Waals surface area contributed by atoms with Crippen LogP contribution in [0.4, 0.5) is 5.82 Å². The van der Waals surface area contributed by atoms with Gasteiger partial charge >= 0.3 is 0 Å². The lowest BCUT2D eigenvalue weighted by atomic mass is 10.3. The molecule has 0 radical (unpaired) electrons. The highest BCUT2D eigenvalue weighted by Gasteiger charge is 2.16. The number of hydrogen-bond acceptors (Lipinski definition) is 4. The van der Waals surface area contributed by atoms with Gasteiger partial charge in [0.2, 0.25) is 5.91 Å². The second-order valence-corrected chi connectivity index (χ2v) is 5.39. The first-order valence-corrected chi connectivity index (χ1v) is 7.73. The van der Waals surface area contributed by atoms with E-state index in [0.29, 0.717) is 12.4 Å². The van der Waals surface area contributed by atoms with E-state index in [1.54, 1.807) is 24.5 Å². The van der Waals surface area contributed by atoms with Crippen molar-refractivity contribution in [2.75, 3.05) is 5.32 Å². The number of para-hydroxylation sites is 1. The summed E-state index contributed by atoms with van der Waals surface area (Å²) >= 11 is 0. The molecule has 2 N–H and O–H groups in total. The molecule has 25 heavy (non-hydrogen) atoms. The number of carbonyl (C=O) groups excluding carboxylic acids is 2. The Hall–Kier alpha value is -3.48. The van der Waals surface area contributed by atoms with E-state index >= 15 is 0 Å². The van der Waals surface area contributed by atoms with Gasteiger partial charge in [0.1, 0.15) is 5.82 Å². The van der Waals surface area contributed by atoms with Crippen LogP contribution >= 0.6 is 0 Å². The van der Waals surface area contributed by atoms with Crippen molar-refractivity contribution in [2.24, 2.45) is 0 Å². The van der Waals surface area contributed by atoms with Crippen molar-refractivity contribution in [1.29, 1.82) is 0 Å². The Bertz CT molecular complexity index is 875. The van der Waals surface area contributed by atoms with Crippen molar-refractivity contribution in [1.82, 2.24) is 20.1 Å². The van der Waals surface area contributed by atoms with Gasteiger partial charge in [-0.25, -0.2) is 4.68 Å². The molecule has 126 valence electrons. The Labute approximate surface area is 144 Å². The Morgan fingerprint density at radius 3 is 2.60 bits per heavy atom. The third-order valence-corrected chi connectivity index (χ3v) is 3.42. The molecule has 0 bridgehead atoms. The van der Waals surface area contributed by atoms with Crippen molar-refractivity contribution < 1.29 is 9.59 Å². The van der Waals surface area contributed by atoms with E-state index < -0.39 is 0 Å². The second-order valence-electron chi connectivity index (χ2n) is 5.39. The molecule has 0 aliphatic heterocycles. The normalized spacial score (nSPS) is 10.3. The molecule has 0 spiro atoms. The molecule has 0 aliphatic rings. The topological polar surface area (TPSA) is 88.9 Å². The summed E-state index contributed by atoms with van der Waals surface area (Å²) < 4.78 is 1.53. The molecular formula is C18H17N5O2. The van der Waals surface area contributed by atoms with Crippen molar-refractivity contribution in [3.8, 4) is 5.69 Å². The third-order valence-electron chi connectivity index (χ3n) is 3.42. The van der Waals surface area contributed by atoms with Crippen molar-refractivity contribution in [2.45, 2.75) is 13.5 Å². The van der Waals surface area contributed by atoms with Crippen LogP contribution < -0.4 is 10.6 Å². The maximum atomic E-state index is 12.4. The van der Waals surface area contributed by atoms with Gasteiger partial charge in [-0.2, -0.15) is 5.10 Å². The molecule has 0 atom stereocenters. The van der Waals surface area contributed by atoms with Crippen LogP contribution in [-0.2, 0) is 11.3 Å². The summed E-state index contributed by atoms with van der Waals surface area (Å²) in [5, 5.41) is 9.81. The lowest BCUT2D eigenvalue weighted by Crippen LogP contribution is -2.23. The fourth-order valence-electron chi connectivity index (χ4n) is 2.30. The van der Waals surface area contributed by atoms with E-state index in [0.717, 1.165) is 11.3 Å². The lowest BCUT2D eigenvalue weighted by molar-refractivity contribution is -0.114. The fourth-order valence-corrected chi connectivity index (χ4v) is 2.30. The summed E-state index contributed by atoms with van der Waals surface area (Å²) in [6.45, 7) is 1.75. The summed E-state index contributed by atoms with van der Waals surface area (Å²) in [5.41, 5.74) is 1.86. The Morgan fingerprint density at radius 1 is 1.12 bits per heavy atom. The molecule has 0 saturated heterocycles. The van der Waals surface area contributed by atoms with Crippen molar-refractivity contribution in [3.05, 3.63) is 72.2 Å². The lowest BCUT2D eigenvalue weighted by Gasteiger charge is -2.06. The predicted octanol–water partition coefficient (Wildman–Crippen LogP) is 2.16. The summed E-state index contributed by atoms with van der Waals surface area (Å²) in [5.74, 6) is -0.130. The number of nitrogens with one attached hydrogen (secondary N) is 2. The fraction of sp³-hybridized carbons (Fsp3) is 0.111. The van der Waals surface area contributed by atoms with E-state index in [4.69, 9.17) is 0 Å². The summed E-state index contributed by atoms with van der Waals surface area (Å²) in [6, 6.07) is 14.5. The van der Waals surface area contributed by atoms with Crippen LogP contribution in [0.2, 0.25) is 0 Å². The van der Waals surface area contributed by atoms with Crippen LogP contribution in [0.3, 0.4) is 0 Å². The number of benzene rings is 1. The average molecular weight is 335 g/mol. The number of carbonyl (C=O) groups is 2. The molecular weight excluding hydrogens is 318 g/mol. The molecule has 1 aromatic carbocycles. The first-order chi connectivity index (χ1) is 12.1. The zero-order valence-corrected chi connectivity index (χ0v) is 13.6. The maximum Gasteiger partial charge on any atom is 0.272 e. The number of aromatic nitrogens is 3. The van der Waals surface area contributed by atoms with Crippen molar-refractivity contribution in [3.63, 3.8) is 0 Å². The minimum Gasteiger partial charge on any atom is -0.347 e. The number of hydrogen-bond donors (Lipinski definition) is 2. The molecule has 3 rings (SSSR count). The van der Waals surface area contributed by atoms with Crippen molar-refractivity contribution >= 4 is 17.6 Å². The molecule has 0 aliphatic carbocycles. The SMILES string of the molecule is CC(=O)Nc1cc(C(=O)NCc2cccnc2)nn1-c1ccccc1. The average Bonchev–Trinajstić information content (AvgIpc) is 3.04. The Balaban J connectivity index is 1.82. The van der Waals surface area contributed by atoms with Gasteiger partial charge < -0.3 is 10.6 Å². The maximum absolute atomic E-state index is 12.4. The van der Waals surface area contributed by atoms with Gasteiger partial charge in [0.05, 0.1) is 5.69 Å². The van der Waals surface area contributed by atoms with Gasteiger partial charge in [0.25, 0.3) is 5.91 Å². The van der Waals surface area contributed by atoms with Crippen LogP contribution in [0.5, 0.6) is 0 Å². The minimum atomic E-state index is -0.329. The third kappa shape index (κ3) is 4.08.